The predicted molar refractivity (Wildman–Crippen MR) is 54.7 cm³/mol. The van der Waals surface area contributed by atoms with Crippen LogP contribution in [-0.2, 0) is 0 Å². The highest BCUT2D eigenvalue weighted by atomic mass is 16.3. The molecule has 0 spiro atoms. The van der Waals surface area contributed by atoms with Gasteiger partial charge in [0.25, 0.3) is 0 Å². The van der Waals surface area contributed by atoms with Crippen molar-refractivity contribution in [1.82, 2.24) is 5.32 Å². The Morgan fingerprint density at radius 2 is 1.77 bits per heavy atom. The molecule has 0 rings (SSSR count). The van der Waals surface area contributed by atoms with Crippen LogP contribution in [0.1, 0.15) is 40.5 Å². The first-order valence-electron chi connectivity index (χ1n) is 4.91. The maximum absolute atomic E-state index is 9.52. The van der Waals surface area contributed by atoms with E-state index in [0.717, 1.165) is 12.8 Å². The van der Waals surface area contributed by atoms with E-state index >= 15 is 0 Å². The number of rotatable bonds is 6. The van der Waals surface area contributed by atoms with E-state index in [4.69, 9.17) is 5.11 Å². The summed E-state index contributed by atoms with van der Waals surface area (Å²) in [7, 11) is 0. The molecule has 0 aliphatic carbocycles. The molecule has 80 valence electrons. The molecule has 0 amide bonds. The third-order valence-electron chi connectivity index (χ3n) is 2.39. The lowest BCUT2D eigenvalue weighted by Gasteiger charge is -2.32. The average molecular weight is 189 g/mol. The maximum Gasteiger partial charge on any atom is 0.0715 e. The lowest BCUT2D eigenvalue weighted by Crippen LogP contribution is -2.48. The van der Waals surface area contributed by atoms with Crippen LogP contribution >= 0.6 is 0 Å². The van der Waals surface area contributed by atoms with Gasteiger partial charge in [-0.2, -0.15) is 0 Å². The van der Waals surface area contributed by atoms with Crippen molar-refractivity contribution in [3.63, 3.8) is 0 Å². The molecule has 0 fully saturated rings. The van der Waals surface area contributed by atoms with Gasteiger partial charge in [0, 0.05) is 18.7 Å². The van der Waals surface area contributed by atoms with Crippen molar-refractivity contribution in [2.45, 2.75) is 51.7 Å². The SMILES string of the molecule is CCC(C)(CCO)NCC(C)(C)O. The van der Waals surface area contributed by atoms with Gasteiger partial charge in [0.15, 0.2) is 0 Å². The van der Waals surface area contributed by atoms with E-state index < -0.39 is 5.60 Å². The lowest BCUT2D eigenvalue weighted by molar-refractivity contribution is 0.0659. The minimum Gasteiger partial charge on any atom is -0.396 e. The van der Waals surface area contributed by atoms with Gasteiger partial charge in [-0.25, -0.2) is 0 Å². The minimum atomic E-state index is -0.689. The van der Waals surface area contributed by atoms with Gasteiger partial charge < -0.3 is 15.5 Å². The van der Waals surface area contributed by atoms with Crippen LogP contribution < -0.4 is 5.32 Å². The Kier molecular flexibility index (Phi) is 4.89. The van der Waals surface area contributed by atoms with Gasteiger partial charge in [0.2, 0.25) is 0 Å². The number of nitrogens with one attached hydrogen (secondary N) is 1. The maximum atomic E-state index is 9.52. The molecule has 1 unspecified atom stereocenters. The van der Waals surface area contributed by atoms with Gasteiger partial charge in [-0.05, 0) is 33.6 Å². The quantitative estimate of drug-likeness (QED) is 0.582. The monoisotopic (exact) mass is 189 g/mol. The number of aliphatic hydroxyl groups excluding tert-OH is 1. The molecule has 0 aromatic rings. The second-order valence-electron chi connectivity index (χ2n) is 4.55. The van der Waals surface area contributed by atoms with Crippen molar-refractivity contribution in [2.24, 2.45) is 0 Å². The highest BCUT2D eigenvalue weighted by molar-refractivity contribution is 4.84. The topological polar surface area (TPSA) is 52.5 Å². The smallest absolute Gasteiger partial charge is 0.0715 e. The fourth-order valence-corrected chi connectivity index (χ4v) is 1.07. The first-order chi connectivity index (χ1) is 5.83. The van der Waals surface area contributed by atoms with Crippen LogP contribution in [0.4, 0.5) is 0 Å². The third-order valence-corrected chi connectivity index (χ3v) is 2.39. The Morgan fingerprint density at radius 1 is 1.23 bits per heavy atom. The zero-order valence-electron chi connectivity index (χ0n) is 9.22. The van der Waals surface area contributed by atoms with Crippen molar-refractivity contribution < 1.29 is 10.2 Å². The summed E-state index contributed by atoms with van der Waals surface area (Å²) >= 11 is 0. The van der Waals surface area contributed by atoms with Crippen LogP contribution in [0, 0.1) is 0 Å². The third kappa shape index (κ3) is 6.02. The van der Waals surface area contributed by atoms with Gasteiger partial charge >= 0.3 is 0 Å². The van der Waals surface area contributed by atoms with E-state index in [-0.39, 0.29) is 12.1 Å². The van der Waals surface area contributed by atoms with Crippen molar-refractivity contribution in [3.05, 3.63) is 0 Å². The molecule has 0 aliphatic heterocycles. The Bertz CT molecular complexity index is 142. The Balaban J connectivity index is 3.97. The summed E-state index contributed by atoms with van der Waals surface area (Å²) in [5, 5.41) is 21.7. The second-order valence-corrected chi connectivity index (χ2v) is 4.55. The molecule has 13 heavy (non-hydrogen) atoms. The van der Waals surface area contributed by atoms with Gasteiger partial charge in [0.1, 0.15) is 0 Å². The standard InChI is InChI=1S/C10H23NO2/c1-5-10(4,6-7-12)11-8-9(2,3)13/h11-13H,5-8H2,1-4H3. The van der Waals surface area contributed by atoms with Gasteiger partial charge in [-0.15, -0.1) is 0 Å². The van der Waals surface area contributed by atoms with Crippen LogP contribution in [-0.4, -0.2) is 34.5 Å². The Morgan fingerprint density at radius 3 is 2.08 bits per heavy atom. The molecule has 3 nitrogen and oxygen atoms in total. The number of aliphatic hydroxyl groups is 2. The van der Waals surface area contributed by atoms with Crippen molar-refractivity contribution in [3.8, 4) is 0 Å². The first kappa shape index (κ1) is 12.9. The molecule has 0 aromatic heterocycles. The van der Waals surface area contributed by atoms with Crippen molar-refractivity contribution in [1.29, 1.82) is 0 Å². The highest BCUT2D eigenvalue weighted by Crippen LogP contribution is 2.14. The summed E-state index contributed by atoms with van der Waals surface area (Å²) in [5.74, 6) is 0. The molecule has 0 aliphatic rings. The van der Waals surface area contributed by atoms with Gasteiger partial charge in [-0.1, -0.05) is 6.92 Å². The molecule has 3 heteroatoms. The zero-order valence-corrected chi connectivity index (χ0v) is 9.22. The van der Waals surface area contributed by atoms with Crippen LogP contribution in [0.3, 0.4) is 0 Å². The van der Waals surface area contributed by atoms with E-state index in [2.05, 4.69) is 19.2 Å². The highest BCUT2D eigenvalue weighted by Gasteiger charge is 2.23. The van der Waals surface area contributed by atoms with Crippen LogP contribution in [0.15, 0.2) is 0 Å². The summed E-state index contributed by atoms with van der Waals surface area (Å²) in [6, 6.07) is 0. The van der Waals surface area contributed by atoms with E-state index in [9.17, 15) is 5.11 Å². The van der Waals surface area contributed by atoms with E-state index in [0.29, 0.717) is 6.54 Å². The molecule has 0 saturated carbocycles. The van der Waals surface area contributed by atoms with E-state index in [1.165, 1.54) is 0 Å². The number of β-amino-alcohol motifs (C(OH)–C–C–N with tert-alkyl or cyclic N) is 1. The van der Waals surface area contributed by atoms with Crippen LogP contribution in [0.25, 0.3) is 0 Å². The summed E-state index contributed by atoms with van der Waals surface area (Å²) in [5.41, 5.74) is -0.749. The van der Waals surface area contributed by atoms with Crippen molar-refractivity contribution >= 4 is 0 Å². The predicted octanol–water partition coefficient (Wildman–Crippen LogP) is 0.898. The zero-order chi connectivity index (χ0) is 10.5. The molecular formula is C10H23NO2. The Labute approximate surface area is 81.2 Å². The normalized spacial score (nSPS) is 17.1. The molecule has 0 saturated heterocycles. The number of hydrogen-bond donors (Lipinski definition) is 3. The average Bonchev–Trinajstić information content (AvgIpc) is 2.01. The van der Waals surface area contributed by atoms with Crippen LogP contribution in [0.2, 0.25) is 0 Å². The fraction of sp³-hybridized carbons (Fsp3) is 1.00. The number of hydrogen-bond acceptors (Lipinski definition) is 3. The molecular weight excluding hydrogens is 166 g/mol. The fourth-order valence-electron chi connectivity index (χ4n) is 1.07. The second kappa shape index (κ2) is 4.94. The van der Waals surface area contributed by atoms with Crippen LogP contribution in [0.5, 0.6) is 0 Å². The molecule has 0 radical (unpaired) electrons. The molecule has 0 aromatic carbocycles. The summed E-state index contributed by atoms with van der Waals surface area (Å²) in [6.07, 6.45) is 1.67. The molecule has 0 bridgehead atoms. The first-order valence-corrected chi connectivity index (χ1v) is 4.91. The summed E-state index contributed by atoms with van der Waals surface area (Å²) in [4.78, 5) is 0. The Hall–Kier alpha value is -0.120. The summed E-state index contributed by atoms with van der Waals surface area (Å²) < 4.78 is 0. The largest absolute Gasteiger partial charge is 0.396 e. The van der Waals surface area contributed by atoms with Gasteiger partial charge in [-0.3, -0.25) is 0 Å². The summed E-state index contributed by atoms with van der Waals surface area (Å²) in [6.45, 7) is 8.42. The molecule has 0 heterocycles. The minimum absolute atomic E-state index is 0.0608. The van der Waals surface area contributed by atoms with Crippen molar-refractivity contribution in [2.75, 3.05) is 13.2 Å². The van der Waals surface area contributed by atoms with E-state index in [1.807, 2.05) is 0 Å². The molecule has 3 N–H and O–H groups in total. The lowest BCUT2D eigenvalue weighted by atomic mass is 9.94. The molecule has 1 atom stereocenters. The van der Waals surface area contributed by atoms with Gasteiger partial charge in [0.05, 0.1) is 5.60 Å². The van der Waals surface area contributed by atoms with E-state index in [1.54, 1.807) is 13.8 Å².